The molecule has 0 radical (unpaired) electrons. The number of aliphatic hydroxyl groups is 2. The molecule has 2 fully saturated rings. The monoisotopic (exact) mass is 1970 g/mol. The molecule has 0 aliphatic carbocycles. The molecule has 0 saturated carbocycles. The number of carbonyl (C=O) groups is 7. The third-order valence-corrected chi connectivity index (χ3v) is 22.4. The van der Waals surface area contributed by atoms with Gasteiger partial charge in [-0.05, 0) is 133 Å². The van der Waals surface area contributed by atoms with E-state index in [9.17, 15) is 65.5 Å². The number of nitrogens with zero attached hydrogens (tertiary/aromatic N) is 18. The van der Waals surface area contributed by atoms with Gasteiger partial charge in [-0.3, -0.25) is 23.7 Å². The molecular formula is C81H91Cl6F2N23O19S. The summed E-state index contributed by atoms with van der Waals surface area (Å²) in [5, 5.41) is 32.7. The maximum absolute atomic E-state index is 14.0. The summed E-state index contributed by atoms with van der Waals surface area (Å²) in [5.41, 5.74) is 2.34. The molecule has 8 N–H and O–H groups in total. The van der Waals surface area contributed by atoms with Crippen molar-refractivity contribution in [2.75, 3.05) is 97.3 Å². The summed E-state index contributed by atoms with van der Waals surface area (Å²) < 4.78 is 101. The van der Waals surface area contributed by atoms with Crippen molar-refractivity contribution in [3.05, 3.63) is 163 Å². The van der Waals surface area contributed by atoms with E-state index >= 15 is 0 Å². The molecule has 2 saturated heterocycles. The van der Waals surface area contributed by atoms with Gasteiger partial charge in [0, 0.05) is 102 Å². The number of nitrogens with one attached hydrogen (secondary N) is 5. The van der Waals surface area contributed by atoms with E-state index in [4.69, 9.17) is 103 Å². The van der Waals surface area contributed by atoms with Crippen molar-refractivity contribution in [3.8, 4) is 57.1 Å². The number of rotatable bonds is 28. The largest absolute Gasteiger partial charge is 0.497 e. The van der Waals surface area contributed by atoms with Gasteiger partial charge in [-0.25, -0.2) is 83.0 Å². The Bertz CT molecular complexity index is 5730. The average molecular weight is 1970 g/mol. The maximum Gasteiger partial charge on any atom is 0.425 e. The molecular weight excluding hydrogens is 1880 g/mol. The van der Waals surface area contributed by atoms with E-state index in [-0.39, 0.29) is 111 Å². The van der Waals surface area contributed by atoms with Gasteiger partial charge in [0.25, 0.3) is 11.8 Å². The summed E-state index contributed by atoms with van der Waals surface area (Å²) in [7, 11) is -2.17. The van der Waals surface area contributed by atoms with Gasteiger partial charge in [0.15, 0.2) is 11.6 Å². The Morgan fingerprint density at radius 2 is 1.00 bits per heavy atom. The number of hydrogen-bond donors (Lipinski definition) is 8. The second kappa shape index (κ2) is 45.6. The van der Waals surface area contributed by atoms with Crippen molar-refractivity contribution >= 4 is 133 Å². The number of methoxy groups -OCH3 is 2. The highest BCUT2D eigenvalue weighted by Gasteiger charge is 2.39. The first-order valence-electron chi connectivity index (χ1n) is 40.7. The van der Waals surface area contributed by atoms with Crippen LogP contribution >= 0.6 is 69.6 Å². The van der Waals surface area contributed by atoms with Crippen molar-refractivity contribution < 1.29 is 98.7 Å². The van der Waals surface area contributed by atoms with Gasteiger partial charge in [-0.2, -0.15) is 12.7 Å². The molecule has 5 amide bonds. The molecule has 8 aromatic heterocycles. The third kappa shape index (κ3) is 26.2. The van der Waals surface area contributed by atoms with Gasteiger partial charge in [-0.15, -0.1) is 0 Å². The van der Waals surface area contributed by atoms with E-state index in [1.807, 2.05) is 0 Å². The highest BCUT2D eigenvalue weighted by Crippen LogP contribution is 2.34. The van der Waals surface area contributed by atoms with E-state index in [0.717, 1.165) is 25.7 Å². The quantitative estimate of drug-likeness (QED) is 0.00977. The van der Waals surface area contributed by atoms with E-state index in [1.54, 1.807) is 49.2 Å². The van der Waals surface area contributed by atoms with E-state index < -0.39 is 113 Å². The van der Waals surface area contributed by atoms with Crippen LogP contribution in [0.25, 0.3) is 45.6 Å². The summed E-state index contributed by atoms with van der Waals surface area (Å²) >= 11 is 36.3. The molecule has 14 rings (SSSR count). The molecule has 4 aliphatic heterocycles. The second-order valence-electron chi connectivity index (χ2n) is 30.2. The molecule has 0 spiro atoms. The van der Waals surface area contributed by atoms with Gasteiger partial charge in [0.05, 0.1) is 116 Å². The molecule has 0 unspecified atom stereocenters. The number of halogens is 8. The zero-order valence-electron chi connectivity index (χ0n) is 72.1. The fourth-order valence-electron chi connectivity index (χ4n) is 13.5. The number of aromatic nitrogens is 16. The molecule has 706 valence electrons. The molecule has 4 atom stereocenters. The Kier molecular flexibility index (Phi) is 34.8. The molecule has 132 heavy (non-hydrogen) atoms. The lowest BCUT2D eigenvalue weighted by Crippen LogP contribution is -2.52. The Balaban J connectivity index is 0.000000176. The number of ether oxygens (including phenoxy) is 7. The maximum atomic E-state index is 14.0. The van der Waals surface area contributed by atoms with Crippen molar-refractivity contribution in [1.82, 2.24) is 103 Å². The Morgan fingerprint density at radius 3 is 1.43 bits per heavy atom. The predicted molar refractivity (Wildman–Crippen MR) is 474 cm³/mol. The number of aromatic amines is 1. The minimum atomic E-state index is -4.96. The number of H-pyrrole nitrogens is 1. The minimum Gasteiger partial charge on any atom is -0.497 e. The van der Waals surface area contributed by atoms with Crippen LogP contribution in [0.15, 0.2) is 86.0 Å². The number of anilines is 2. The van der Waals surface area contributed by atoms with Gasteiger partial charge in [-0.1, -0.05) is 46.4 Å². The molecule has 2 aromatic carbocycles. The second-order valence-corrected chi connectivity index (χ2v) is 33.9. The van der Waals surface area contributed by atoms with Crippen LogP contribution < -0.4 is 30.7 Å². The van der Waals surface area contributed by atoms with Crippen LogP contribution in [0, 0.1) is 11.6 Å². The topological polar surface area (TPSA) is 522 Å². The lowest BCUT2D eigenvalue weighted by atomic mass is 10.1. The first kappa shape index (κ1) is 101. The first-order valence-corrected chi connectivity index (χ1v) is 44.4. The van der Waals surface area contributed by atoms with Crippen LogP contribution in [-0.4, -0.2) is 274 Å². The van der Waals surface area contributed by atoms with Crippen LogP contribution in [-0.2, 0) is 63.2 Å². The van der Waals surface area contributed by atoms with Crippen molar-refractivity contribution in [2.45, 2.75) is 136 Å². The zero-order valence-corrected chi connectivity index (χ0v) is 77.5. The normalized spacial score (nSPS) is 14.9. The van der Waals surface area contributed by atoms with Crippen LogP contribution in [0.5, 0.6) is 11.5 Å². The van der Waals surface area contributed by atoms with Gasteiger partial charge < -0.3 is 93.1 Å². The summed E-state index contributed by atoms with van der Waals surface area (Å²) in [6.07, 6.45) is 13.9. The summed E-state index contributed by atoms with van der Waals surface area (Å²) in [5.74, 6) is -2.90. The highest BCUT2D eigenvalue weighted by molar-refractivity contribution is 7.83. The number of aliphatic hydroxyl groups excluding tert-OH is 2. The Morgan fingerprint density at radius 1 is 0.576 bits per heavy atom. The highest BCUT2D eigenvalue weighted by atomic mass is 35.5. The van der Waals surface area contributed by atoms with Crippen molar-refractivity contribution in [1.29, 1.82) is 0 Å². The number of amides is 5. The molecule has 51 heteroatoms. The summed E-state index contributed by atoms with van der Waals surface area (Å²) in [6, 6.07) is 4.67. The molecule has 10 aromatic rings. The van der Waals surface area contributed by atoms with Gasteiger partial charge in [0.2, 0.25) is 45.9 Å². The average Bonchev–Trinajstić information content (AvgIpc) is 1.63. The van der Waals surface area contributed by atoms with Crippen LogP contribution in [0.4, 0.5) is 25.5 Å². The van der Waals surface area contributed by atoms with Crippen molar-refractivity contribution in [3.63, 3.8) is 0 Å². The molecule has 4 aliphatic rings. The first-order chi connectivity index (χ1) is 62.9. The third-order valence-electron chi connectivity index (χ3n) is 20.1. The Labute approximate surface area is 783 Å². The lowest BCUT2D eigenvalue weighted by Gasteiger charge is -2.32. The number of imidazole rings is 4. The van der Waals surface area contributed by atoms with E-state index in [2.05, 4.69) is 86.1 Å². The van der Waals surface area contributed by atoms with Crippen LogP contribution in [0.3, 0.4) is 0 Å². The fourth-order valence-corrected chi connectivity index (χ4v) is 15.0. The summed E-state index contributed by atoms with van der Waals surface area (Å²) in [6.45, 7) is 13.6. The number of hydrogen-bond acceptors (Lipinski definition) is 32. The van der Waals surface area contributed by atoms with Crippen LogP contribution in [0.1, 0.15) is 140 Å². The minimum absolute atomic E-state index is 0.0518. The van der Waals surface area contributed by atoms with Gasteiger partial charge >= 0.3 is 28.3 Å². The Hall–Kier alpha value is -11.8. The SMILES string of the molecule is CCOC(=O)c1nc(-c2nc(Cl)ncc2Cl)cn1CCN(C(=O)OC(C)(C)C)S(=O)(=O)O.CCOC(=O)c1ncc(-c2nc(Cl)ncc2Cl)[nH]1.COc1cc(F)cc([C@@H](CO)NC(=O)[C@@H](C)N2CCn3cc(-c4nc(NC5CCOCC5)ncc4Cl)nc3C2=O)c1.COc1cc(F)cc([C@@H](CO)NC(=O)[C@H](C)N2CCn3cc(-c4nc(NC5CCOCC5)ncc4Cl)nc3C2=O)c1. The predicted octanol–water partition coefficient (Wildman–Crippen LogP) is 10.1. The van der Waals surface area contributed by atoms with Gasteiger partial charge in [0.1, 0.15) is 80.7 Å². The van der Waals surface area contributed by atoms with Crippen LogP contribution in [0.2, 0.25) is 30.7 Å². The number of esters is 2. The molecule has 0 bridgehead atoms. The van der Waals surface area contributed by atoms with E-state index in [1.165, 1.54) is 123 Å². The summed E-state index contributed by atoms with van der Waals surface area (Å²) in [4.78, 5) is 145. The fraction of sp³-hybridized carbons (Fsp3) is 0.420. The number of carbonyl (C=O) groups excluding carboxylic acids is 7. The van der Waals surface area contributed by atoms with Crippen molar-refractivity contribution in [2.24, 2.45) is 0 Å². The number of benzene rings is 2. The lowest BCUT2D eigenvalue weighted by molar-refractivity contribution is -0.127. The zero-order chi connectivity index (χ0) is 95.6. The smallest absolute Gasteiger partial charge is 0.425 e. The molecule has 42 nitrogen and oxygen atoms in total. The number of fused-ring (bicyclic) bond motifs is 2. The standard InChI is InChI=1S/2C27H31ClFN7O5.C17H21Cl2N5O7S.C10H8Cl2N4O2/c2*1-15(25(38)33-22(14-37)16-9-17(29)11-19(10-16)40-2)36-6-5-35-13-21(32-24(35)26(36)39)23-20(28)12-30-27(34-23)31-18-3-7-41-8-4-18;1-5-30-14(25)13-21-11(12-10(18)8-20-15(19)22-12)9-23(13)6-7-24(32(27,28)29)16(26)31-17(2,3)4;1-2-18-9(17)8-13-4-6(15-8)7-5(11)3-14-10(12)16-7/h2*9-13,15,18,22,37H,3-8,14H2,1-2H3,(H,33,38)(H,30,31,34);8-9H,5-7H2,1-4H3,(H,27,28,29);3-4H,2H2,1H3,(H,13,15)/t15-,22+;15-,22-;;/m01../s1. The molecule has 12 heterocycles. The van der Waals surface area contributed by atoms with E-state index in [0.29, 0.717) is 112 Å².